The quantitative estimate of drug-likeness (QED) is 0.643. The average molecular weight is 338 g/mol. The van der Waals surface area contributed by atoms with Crippen LogP contribution in [0.4, 0.5) is 0 Å². The molecule has 0 radical (unpaired) electrons. The Morgan fingerprint density at radius 2 is 1.83 bits per heavy atom. The van der Waals surface area contributed by atoms with E-state index < -0.39 is 0 Å². The maximum absolute atomic E-state index is 4.35. The predicted molar refractivity (Wildman–Crippen MR) is 99.2 cm³/mol. The Bertz CT molecular complexity index is 743. The van der Waals surface area contributed by atoms with E-state index in [1.54, 1.807) is 18.1 Å². The SMILES string of the molecule is CSc1ccccc1CC(C)NC(c1ccccc1)c1ncn[nH]1. The minimum atomic E-state index is 0.00476. The molecule has 0 aliphatic heterocycles. The van der Waals surface area contributed by atoms with Crippen LogP contribution in [-0.4, -0.2) is 27.5 Å². The molecule has 5 heteroatoms. The monoisotopic (exact) mass is 338 g/mol. The second-order valence-corrected chi connectivity index (χ2v) is 6.65. The van der Waals surface area contributed by atoms with E-state index in [-0.39, 0.29) is 6.04 Å². The molecular weight excluding hydrogens is 316 g/mol. The Kier molecular flexibility index (Phi) is 5.67. The standard InChI is InChI=1S/C19H22N4S/c1-14(12-16-10-6-7-11-17(16)24-2)22-18(19-20-13-21-23-19)15-8-4-3-5-9-15/h3-11,13-14,18,22H,12H2,1-2H3,(H,20,21,23). The third-order valence-corrected chi connectivity index (χ3v) is 4.85. The van der Waals surface area contributed by atoms with Gasteiger partial charge < -0.3 is 5.32 Å². The summed E-state index contributed by atoms with van der Waals surface area (Å²) in [6.45, 7) is 2.21. The molecule has 2 unspecified atom stereocenters. The van der Waals surface area contributed by atoms with Crippen LogP contribution in [0.1, 0.15) is 29.9 Å². The summed E-state index contributed by atoms with van der Waals surface area (Å²) in [4.78, 5) is 5.69. The molecule has 3 rings (SSSR count). The van der Waals surface area contributed by atoms with Gasteiger partial charge in [0.15, 0.2) is 0 Å². The first-order valence-electron chi connectivity index (χ1n) is 8.06. The Morgan fingerprint density at radius 1 is 1.08 bits per heavy atom. The summed E-state index contributed by atoms with van der Waals surface area (Å²) in [6.07, 6.45) is 4.65. The zero-order valence-corrected chi connectivity index (χ0v) is 14.8. The molecule has 3 aromatic rings. The van der Waals surface area contributed by atoms with Crippen LogP contribution in [0.3, 0.4) is 0 Å². The van der Waals surface area contributed by atoms with Gasteiger partial charge in [0.1, 0.15) is 12.2 Å². The molecule has 0 saturated heterocycles. The summed E-state index contributed by atoms with van der Waals surface area (Å²) in [5.74, 6) is 0.839. The molecule has 0 bridgehead atoms. The second kappa shape index (κ2) is 8.13. The first-order chi connectivity index (χ1) is 11.8. The van der Waals surface area contributed by atoms with Gasteiger partial charge in [-0.1, -0.05) is 48.5 Å². The Labute approximate surface area is 147 Å². The zero-order chi connectivity index (χ0) is 16.8. The highest BCUT2D eigenvalue weighted by Crippen LogP contribution is 2.23. The molecule has 24 heavy (non-hydrogen) atoms. The highest BCUT2D eigenvalue weighted by molar-refractivity contribution is 7.98. The van der Waals surface area contributed by atoms with Crippen molar-refractivity contribution in [3.63, 3.8) is 0 Å². The van der Waals surface area contributed by atoms with Gasteiger partial charge in [0.2, 0.25) is 0 Å². The molecule has 1 heterocycles. The first-order valence-corrected chi connectivity index (χ1v) is 9.28. The third kappa shape index (κ3) is 4.04. The van der Waals surface area contributed by atoms with E-state index in [9.17, 15) is 0 Å². The topological polar surface area (TPSA) is 53.6 Å². The summed E-state index contributed by atoms with van der Waals surface area (Å²) < 4.78 is 0. The number of thioether (sulfide) groups is 1. The fraction of sp³-hybridized carbons (Fsp3) is 0.263. The largest absolute Gasteiger partial charge is 0.301 e. The smallest absolute Gasteiger partial charge is 0.145 e. The summed E-state index contributed by atoms with van der Waals surface area (Å²) >= 11 is 1.79. The van der Waals surface area contributed by atoms with Crippen molar-refractivity contribution < 1.29 is 0 Å². The van der Waals surface area contributed by atoms with E-state index in [1.807, 2.05) is 18.2 Å². The Balaban J connectivity index is 1.78. The van der Waals surface area contributed by atoms with Gasteiger partial charge in [-0.15, -0.1) is 11.8 Å². The van der Waals surface area contributed by atoms with Crippen molar-refractivity contribution in [2.75, 3.05) is 6.26 Å². The first kappa shape index (κ1) is 16.7. The molecule has 2 N–H and O–H groups in total. The molecule has 0 amide bonds. The summed E-state index contributed by atoms with van der Waals surface area (Å²) in [5.41, 5.74) is 2.55. The molecule has 0 aliphatic rings. The van der Waals surface area contributed by atoms with E-state index in [0.29, 0.717) is 6.04 Å². The van der Waals surface area contributed by atoms with Crippen LogP contribution in [0.25, 0.3) is 0 Å². The van der Waals surface area contributed by atoms with Gasteiger partial charge in [-0.05, 0) is 36.8 Å². The van der Waals surface area contributed by atoms with E-state index in [4.69, 9.17) is 0 Å². The third-order valence-electron chi connectivity index (χ3n) is 4.01. The average Bonchev–Trinajstić information content (AvgIpc) is 3.15. The normalized spacial score (nSPS) is 13.6. The predicted octanol–water partition coefficient (Wildman–Crippen LogP) is 3.84. The molecule has 1 aromatic heterocycles. The van der Waals surface area contributed by atoms with Gasteiger partial charge in [-0.3, -0.25) is 5.10 Å². The van der Waals surface area contributed by atoms with Crippen molar-refractivity contribution in [2.24, 2.45) is 0 Å². The molecule has 124 valence electrons. The van der Waals surface area contributed by atoms with Crippen LogP contribution in [-0.2, 0) is 6.42 Å². The number of H-pyrrole nitrogens is 1. The number of nitrogens with one attached hydrogen (secondary N) is 2. The van der Waals surface area contributed by atoms with Gasteiger partial charge in [0.25, 0.3) is 0 Å². The minimum absolute atomic E-state index is 0.00476. The Hall–Kier alpha value is -2.11. The zero-order valence-electron chi connectivity index (χ0n) is 13.9. The molecular formula is C19H22N4S. The molecule has 0 aliphatic carbocycles. The Morgan fingerprint density at radius 3 is 2.54 bits per heavy atom. The molecule has 0 spiro atoms. The lowest BCUT2D eigenvalue weighted by atomic mass is 10.0. The summed E-state index contributed by atoms with van der Waals surface area (Å²) in [7, 11) is 0. The van der Waals surface area contributed by atoms with Crippen LogP contribution in [0.15, 0.2) is 65.8 Å². The number of hydrogen-bond donors (Lipinski definition) is 2. The molecule has 0 saturated carbocycles. The van der Waals surface area contributed by atoms with Crippen LogP contribution in [0, 0.1) is 0 Å². The lowest BCUT2D eigenvalue weighted by Gasteiger charge is -2.23. The fourth-order valence-corrected chi connectivity index (χ4v) is 3.51. The van der Waals surface area contributed by atoms with Crippen molar-refractivity contribution in [3.8, 4) is 0 Å². The van der Waals surface area contributed by atoms with Crippen molar-refractivity contribution in [1.82, 2.24) is 20.5 Å². The fourth-order valence-electron chi connectivity index (χ4n) is 2.88. The summed E-state index contributed by atoms with van der Waals surface area (Å²) in [6, 6.07) is 19.2. The minimum Gasteiger partial charge on any atom is -0.301 e. The van der Waals surface area contributed by atoms with Gasteiger partial charge in [-0.2, -0.15) is 5.10 Å². The van der Waals surface area contributed by atoms with Crippen LogP contribution in [0.2, 0.25) is 0 Å². The van der Waals surface area contributed by atoms with Gasteiger partial charge >= 0.3 is 0 Å². The number of hydrogen-bond acceptors (Lipinski definition) is 4. The maximum Gasteiger partial charge on any atom is 0.145 e. The highest BCUT2D eigenvalue weighted by Gasteiger charge is 2.19. The van der Waals surface area contributed by atoms with Gasteiger partial charge in [0, 0.05) is 10.9 Å². The van der Waals surface area contributed by atoms with E-state index in [1.165, 1.54) is 16.0 Å². The van der Waals surface area contributed by atoms with Crippen molar-refractivity contribution in [2.45, 2.75) is 30.3 Å². The number of aromatic nitrogens is 3. The van der Waals surface area contributed by atoms with E-state index >= 15 is 0 Å². The highest BCUT2D eigenvalue weighted by atomic mass is 32.2. The van der Waals surface area contributed by atoms with Crippen LogP contribution < -0.4 is 5.32 Å². The lowest BCUT2D eigenvalue weighted by Crippen LogP contribution is -2.33. The second-order valence-electron chi connectivity index (χ2n) is 5.80. The number of nitrogens with zero attached hydrogens (tertiary/aromatic N) is 2. The number of benzene rings is 2. The summed E-state index contributed by atoms with van der Waals surface area (Å²) in [5, 5.41) is 10.7. The van der Waals surface area contributed by atoms with Crippen LogP contribution in [0.5, 0.6) is 0 Å². The van der Waals surface area contributed by atoms with Crippen molar-refractivity contribution in [3.05, 3.63) is 77.9 Å². The maximum atomic E-state index is 4.35. The number of aromatic amines is 1. The number of rotatable bonds is 7. The van der Waals surface area contributed by atoms with E-state index in [0.717, 1.165) is 12.2 Å². The molecule has 2 aromatic carbocycles. The van der Waals surface area contributed by atoms with Crippen molar-refractivity contribution in [1.29, 1.82) is 0 Å². The molecule has 0 fully saturated rings. The van der Waals surface area contributed by atoms with Gasteiger partial charge in [0.05, 0.1) is 6.04 Å². The molecule has 2 atom stereocenters. The molecule has 4 nitrogen and oxygen atoms in total. The van der Waals surface area contributed by atoms with Gasteiger partial charge in [-0.25, -0.2) is 4.98 Å². The van der Waals surface area contributed by atoms with Crippen LogP contribution >= 0.6 is 11.8 Å². The van der Waals surface area contributed by atoms with Crippen molar-refractivity contribution >= 4 is 11.8 Å². The van der Waals surface area contributed by atoms with E-state index in [2.05, 4.69) is 70.1 Å². The lowest BCUT2D eigenvalue weighted by molar-refractivity contribution is 0.480.